The minimum atomic E-state index is -0.0804. The van der Waals surface area contributed by atoms with Gasteiger partial charge in [0.05, 0.1) is 5.88 Å². The standard InChI is InChI=1S/C13H17IN2OS/c14-11-3-1-10(2-4-11)7-12(15)8-13(17)16-5-6-18-9-16/h1-4,12H,5-9,15H2/t12-/m1/s1. The van der Waals surface area contributed by atoms with Crippen LogP contribution in [-0.4, -0.2) is 35.0 Å². The number of carbonyl (C=O) groups excluding carboxylic acids is 1. The van der Waals surface area contributed by atoms with Crippen molar-refractivity contribution in [1.82, 2.24) is 4.90 Å². The van der Waals surface area contributed by atoms with Gasteiger partial charge >= 0.3 is 0 Å². The van der Waals surface area contributed by atoms with Crippen molar-refractivity contribution in [3.63, 3.8) is 0 Å². The number of nitrogens with zero attached hydrogens (tertiary/aromatic N) is 1. The number of benzene rings is 1. The molecular weight excluding hydrogens is 359 g/mol. The summed E-state index contributed by atoms with van der Waals surface area (Å²) in [6.07, 6.45) is 1.22. The summed E-state index contributed by atoms with van der Waals surface area (Å²) >= 11 is 4.09. The minimum absolute atomic E-state index is 0.0804. The molecule has 1 aliphatic heterocycles. The van der Waals surface area contributed by atoms with Crippen LogP contribution in [0.3, 0.4) is 0 Å². The molecule has 1 atom stereocenters. The summed E-state index contributed by atoms with van der Waals surface area (Å²) < 4.78 is 1.22. The Kier molecular flexibility index (Phi) is 5.32. The highest BCUT2D eigenvalue weighted by atomic mass is 127. The molecule has 1 saturated heterocycles. The molecule has 0 aliphatic carbocycles. The Labute approximate surface area is 126 Å². The van der Waals surface area contributed by atoms with Gasteiger partial charge in [-0.3, -0.25) is 4.79 Å². The van der Waals surface area contributed by atoms with Gasteiger partial charge in [-0.2, -0.15) is 0 Å². The average molecular weight is 376 g/mol. The summed E-state index contributed by atoms with van der Waals surface area (Å²) in [5.41, 5.74) is 7.26. The van der Waals surface area contributed by atoms with Crippen molar-refractivity contribution in [3.8, 4) is 0 Å². The molecule has 0 aromatic heterocycles. The fourth-order valence-corrected chi connectivity index (χ4v) is 3.29. The van der Waals surface area contributed by atoms with E-state index in [0.29, 0.717) is 6.42 Å². The van der Waals surface area contributed by atoms with Crippen LogP contribution in [0.5, 0.6) is 0 Å². The Hall–Kier alpha value is -0.270. The number of carbonyl (C=O) groups is 1. The number of amides is 1. The highest BCUT2D eigenvalue weighted by molar-refractivity contribution is 14.1. The summed E-state index contributed by atoms with van der Waals surface area (Å²) in [5, 5.41) is 0. The van der Waals surface area contributed by atoms with E-state index in [0.717, 1.165) is 24.6 Å². The Morgan fingerprint density at radius 1 is 1.44 bits per heavy atom. The lowest BCUT2D eigenvalue weighted by Crippen LogP contribution is -2.35. The molecule has 5 heteroatoms. The average Bonchev–Trinajstić information content (AvgIpc) is 2.85. The van der Waals surface area contributed by atoms with Gasteiger partial charge in [0.15, 0.2) is 0 Å². The van der Waals surface area contributed by atoms with E-state index in [9.17, 15) is 4.79 Å². The number of halogens is 1. The van der Waals surface area contributed by atoms with Gasteiger partial charge in [-0.25, -0.2) is 0 Å². The van der Waals surface area contributed by atoms with Gasteiger partial charge in [0.1, 0.15) is 0 Å². The maximum Gasteiger partial charge on any atom is 0.224 e. The van der Waals surface area contributed by atoms with Crippen molar-refractivity contribution in [2.45, 2.75) is 18.9 Å². The molecule has 98 valence electrons. The zero-order valence-electron chi connectivity index (χ0n) is 10.1. The van der Waals surface area contributed by atoms with Gasteiger partial charge < -0.3 is 10.6 Å². The van der Waals surface area contributed by atoms with E-state index in [1.54, 1.807) is 11.8 Å². The van der Waals surface area contributed by atoms with Crippen LogP contribution in [0.25, 0.3) is 0 Å². The number of nitrogens with two attached hydrogens (primary N) is 1. The molecule has 0 spiro atoms. The molecule has 1 heterocycles. The third-order valence-corrected chi connectivity index (χ3v) is 4.64. The molecule has 1 aromatic rings. The number of hydrogen-bond donors (Lipinski definition) is 1. The molecule has 0 bridgehead atoms. The number of rotatable bonds is 4. The predicted molar refractivity (Wildman–Crippen MR) is 84.5 cm³/mol. The van der Waals surface area contributed by atoms with Gasteiger partial charge in [0.2, 0.25) is 5.91 Å². The highest BCUT2D eigenvalue weighted by Gasteiger charge is 2.20. The second-order valence-corrected chi connectivity index (χ2v) is 6.81. The molecule has 1 amide bonds. The van der Waals surface area contributed by atoms with Gasteiger partial charge in [0.25, 0.3) is 0 Å². The van der Waals surface area contributed by atoms with E-state index in [4.69, 9.17) is 5.73 Å². The Balaban J connectivity index is 1.82. The number of hydrogen-bond acceptors (Lipinski definition) is 3. The van der Waals surface area contributed by atoms with Gasteiger partial charge in [-0.1, -0.05) is 12.1 Å². The van der Waals surface area contributed by atoms with Gasteiger partial charge in [-0.15, -0.1) is 11.8 Å². The Morgan fingerprint density at radius 2 is 2.17 bits per heavy atom. The van der Waals surface area contributed by atoms with E-state index in [1.807, 2.05) is 4.90 Å². The molecule has 0 saturated carbocycles. The van der Waals surface area contributed by atoms with E-state index in [2.05, 4.69) is 46.9 Å². The first-order valence-electron chi connectivity index (χ1n) is 6.00. The monoisotopic (exact) mass is 376 g/mol. The summed E-state index contributed by atoms with van der Waals surface area (Å²) in [5.74, 6) is 2.07. The van der Waals surface area contributed by atoms with Crippen molar-refractivity contribution in [2.75, 3.05) is 18.2 Å². The zero-order chi connectivity index (χ0) is 13.0. The van der Waals surface area contributed by atoms with E-state index < -0.39 is 0 Å². The minimum Gasteiger partial charge on any atom is -0.333 e. The second-order valence-electron chi connectivity index (χ2n) is 4.49. The molecule has 2 rings (SSSR count). The Bertz CT molecular complexity index is 404. The van der Waals surface area contributed by atoms with E-state index in [-0.39, 0.29) is 11.9 Å². The van der Waals surface area contributed by atoms with Crippen molar-refractivity contribution in [3.05, 3.63) is 33.4 Å². The lowest BCUT2D eigenvalue weighted by Gasteiger charge is -2.17. The van der Waals surface area contributed by atoms with Crippen molar-refractivity contribution < 1.29 is 4.79 Å². The number of thioether (sulfide) groups is 1. The third-order valence-electron chi connectivity index (χ3n) is 2.95. The van der Waals surface area contributed by atoms with Crippen molar-refractivity contribution in [1.29, 1.82) is 0 Å². The summed E-state index contributed by atoms with van der Waals surface area (Å²) in [6.45, 7) is 0.875. The lowest BCUT2D eigenvalue weighted by molar-refractivity contribution is -0.130. The second kappa shape index (κ2) is 6.77. The van der Waals surface area contributed by atoms with Crippen LogP contribution in [0.4, 0.5) is 0 Å². The van der Waals surface area contributed by atoms with Crippen LogP contribution in [0.15, 0.2) is 24.3 Å². The fourth-order valence-electron chi connectivity index (χ4n) is 1.96. The fraction of sp³-hybridized carbons (Fsp3) is 0.462. The molecule has 1 fully saturated rings. The van der Waals surface area contributed by atoms with Crippen molar-refractivity contribution in [2.24, 2.45) is 5.73 Å². The van der Waals surface area contributed by atoms with Gasteiger partial charge in [0, 0.05) is 28.3 Å². The van der Waals surface area contributed by atoms with Crippen LogP contribution >= 0.6 is 34.4 Å². The first kappa shape index (κ1) is 14.1. The first-order valence-corrected chi connectivity index (χ1v) is 8.24. The molecule has 0 radical (unpaired) electrons. The van der Waals surface area contributed by atoms with Crippen LogP contribution in [-0.2, 0) is 11.2 Å². The van der Waals surface area contributed by atoms with Crippen LogP contribution in [0.2, 0.25) is 0 Å². The molecule has 18 heavy (non-hydrogen) atoms. The molecule has 1 aromatic carbocycles. The van der Waals surface area contributed by atoms with Crippen LogP contribution < -0.4 is 5.73 Å². The molecule has 3 nitrogen and oxygen atoms in total. The smallest absolute Gasteiger partial charge is 0.224 e. The molecule has 0 unspecified atom stereocenters. The summed E-state index contributed by atoms with van der Waals surface area (Å²) in [4.78, 5) is 13.8. The van der Waals surface area contributed by atoms with E-state index in [1.165, 1.54) is 9.13 Å². The summed E-state index contributed by atoms with van der Waals surface area (Å²) in [6, 6.07) is 8.22. The normalized spacial score (nSPS) is 16.9. The predicted octanol–water partition coefficient (Wildman–Crippen LogP) is 2.08. The maximum absolute atomic E-state index is 11.9. The molecule has 2 N–H and O–H groups in total. The quantitative estimate of drug-likeness (QED) is 0.819. The van der Waals surface area contributed by atoms with Crippen molar-refractivity contribution >= 4 is 40.3 Å². The highest BCUT2D eigenvalue weighted by Crippen LogP contribution is 2.15. The molecular formula is C13H17IN2OS. The Morgan fingerprint density at radius 3 is 2.78 bits per heavy atom. The largest absolute Gasteiger partial charge is 0.333 e. The topological polar surface area (TPSA) is 46.3 Å². The zero-order valence-corrected chi connectivity index (χ0v) is 13.1. The lowest BCUT2D eigenvalue weighted by atomic mass is 10.0. The molecule has 1 aliphatic rings. The van der Waals surface area contributed by atoms with Gasteiger partial charge in [-0.05, 0) is 46.7 Å². The summed E-state index contributed by atoms with van der Waals surface area (Å²) in [7, 11) is 0. The maximum atomic E-state index is 11.9. The SMILES string of the molecule is N[C@@H](CC(=O)N1CCSC1)Cc1ccc(I)cc1. The van der Waals surface area contributed by atoms with E-state index >= 15 is 0 Å². The first-order chi connectivity index (χ1) is 8.65. The van der Waals surface area contributed by atoms with Crippen LogP contribution in [0.1, 0.15) is 12.0 Å². The third kappa shape index (κ3) is 4.13. The van der Waals surface area contributed by atoms with Crippen LogP contribution in [0, 0.1) is 3.57 Å².